The Balaban J connectivity index is 1.69. The lowest BCUT2D eigenvalue weighted by Gasteiger charge is -2.27. The van der Waals surface area contributed by atoms with E-state index in [2.05, 4.69) is 20.6 Å². The molecule has 1 fully saturated rings. The topological polar surface area (TPSA) is 119 Å². The number of anilines is 2. The van der Waals surface area contributed by atoms with Gasteiger partial charge in [-0.3, -0.25) is 10.1 Å². The number of aryl methyl sites for hydroxylation is 1. The lowest BCUT2D eigenvalue weighted by Crippen LogP contribution is -2.25. The van der Waals surface area contributed by atoms with Crippen molar-refractivity contribution in [1.29, 1.82) is 0 Å². The molecule has 1 aromatic heterocycles. The standard InChI is InChI=1S/C20H26ClFN6O2/c1-12-2-7-16(21)15(18(12)22)10-25-20-26-11-17(28(29)30)19(27-20)24-9-14-5-3-13(8-23)4-6-14/h2,7,11,13-14H,3-6,8-10,23H2,1H3,(H2,24,25,26,27). The summed E-state index contributed by atoms with van der Waals surface area (Å²) in [5, 5.41) is 17.7. The number of rotatable bonds is 8. The number of nitro groups is 1. The van der Waals surface area contributed by atoms with Crippen LogP contribution in [0.1, 0.15) is 36.8 Å². The second-order valence-corrected chi connectivity index (χ2v) is 8.11. The maximum atomic E-state index is 14.3. The second-order valence-electron chi connectivity index (χ2n) is 7.70. The Bertz CT molecular complexity index is 905. The molecule has 0 bridgehead atoms. The Morgan fingerprint density at radius 3 is 2.63 bits per heavy atom. The van der Waals surface area contributed by atoms with Crippen LogP contribution in [0.4, 0.5) is 21.8 Å². The molecule has 30 heavy (non-hydrogen) atoms. The fourth-order valence-electron chi connectivity index (χ4n) is 3.68. The first-order valence-electron chi connectivity index (χ1n) is 10.0. The summed E-state index contributed by atoms with van der Waals surface area (Å²) in [5.74, 6) is 0.891. The molecule has 0 unspecified atom stereocenters. The van der Waals surface area contributed by atoms with Gasteiger partial charge in [0.1, 0.15) is 12.0 Å². The number of hydrogen-bond acceptors (Lipinski definition) is 7. The van der Waals surface area contributed by atoms with Crippen LogP contribution in [0.25, 0.3) is 0 Å². The van der Waals surface area contributed by atoms with E-state index < -0.39 is 10.7 Å². The third-order valence-corrected chi connectivity index (χ3v) is 5.98. The quantitative estimate of drug-likeness (QED) is 0.417. The van der Waals surface area contributed by atoms with E-state index in [-0.39, 0.29) is 24.0 Å². The summed E-state index contributed by atoms with van der Waals surface area (Å²) in [6, 6.07) is 3.23. The van der Waals surface area contributed by atoms with Gasteiger partial charge in [-0.2, -0.15) is 4.98 Å². The van der Waals surface area contributed by atoms with E-state index in [1.807, 2.05) is 0 Å². The molecule has 8 nitrogen and oxygen atoms in total. The molecule has 0 radical (unpaired) electrons. The van der Waals surface area contributed by atoms with Crippen LogP contribution in [0, 0.1) is 34.7 Å². The molecule has 3 rings (SSSR count). The van der Waals surface area contributed by atoms with E-state index in [9.17, 15) is 14.5 Å². The molecule has 162 valence electrons. The molecule has 2 aromatic rings. The molecular weight excluding hydrogens is 411 g/mol. The molecule has 1 aliphatic rings. The number of aromatic nitrogens is 2. The van der Waals surface area contributed by atoms with Gasteiger partial charge < -0.3 is 16.4 Å². The third-order valence-electron chi connectivity index (χ3n) is 5.63. The van der Waals surface area contributed by atoms with E-state index >= 15 is 0 Å². The average molecular weight is 437 g/mol. The zero-order valence-electron chi connectivity index (χ0n) is 16.8. The zero-order valence-corrected chi connectivity index (χ0v) is 17.6. The minimum absolute atomic E-state index is 0.0622. The highest BCUT2D eigenvalue weighted by Crippen LogP contribution is 2.30. The molecule has 4 N–H and O–H groups in total. The number of nitrogens with zero attached hydrogens (tertiary/aromatic N) is 3. The van der Waals surface area contributed by atoms with Gasteiger partial charge in [0, 0.05) is 23.7 Å². The molecule has 10 heteroatoms. The molecule has 0 amide bonds. The Kier molecular flexibility index (Phi) is 7.38. The van der Waals surface area contributed by atoms with Gasteiger partial charge in [-0.1, -0.05) is 17.7 Å². The van der Waals surface area contributed by atoms with Crippen molar-refractivity contribution in [2.75, 3.05) is 23.7 Å². The van der Waals surface area contributed by atoms with Crippen molar-refractivity contribution < 1.29 is 9.31 Å². The van der Waals surface area contributed by atoms with Crippen molar-refractivity contribution in [2.24, 2.45) is 17.6 Å². The van der Waals surface area contributed by atoms with Crippen LogP contribution in [0.2, 0.25) is 5.02 Å². The minimum Gasteiger partial charge on any atom is -0.364 e. The molecule has 1 saturated carbocycles. The molecule has 1 heterocycles. The zero-order chi connectivity index (χ0) is 21.7. The minimum atomic E-state index is -0.519. The second kappa shape index (κ2) is 9.99. The number of nitrogens with two attached hydrogens (primary N) is 1. The lowest BCUT2D eigenvalue weighted by atomic mass is 9.82. The Labute approximate surface area is 179 Å². The number of hydrogen-bond donors (Lipinski definition) is 3. The van der Waals surface area contributed by atoms with Crippen LogP contribution in [0.15, 0.2) is 18.3 Å². The van der Waals surface area contributed by atoms with Gasteiger partial charge in [-0.25, -0.2) is 9.37 Å². The van der Waals surface area contributed by atoms with Crippen molar-refractivity contribution in [3.63, 3.8) is 0 Å². The Morgan fingerprint density at radius 2 is 1.97 bits per heavy atom. The third kappa shape index (κ3) is 5.34. The highest BCUT2D eigenvalue weighted by atomic mass is 35.5. The summed E-state index contributed by atoms with van der Waals surface area (Å²) in [4.78, 5) is 19.1. The van der Waals surface area contributed by atoms with Crippen molar-refractivity contribution >= 4 is 29.1 Å². The number of halogens is 2. The molecule has 1 aliphatic carbocycles. The normalized spacial score (nSPS) is 18.8. The largest absolute Gasteiger partial charge is 0.364 e. The Hall–Kier alpha value is -2.52. The number of benzene rings is 1. The molecular formula is C20H26ClFN6O2. The smallest absolute Gasteiger partial charge is 0.329 e. The van der Waals surface area contributed by atoms with Gasteiger partial charge in [0.15, 0.2) is 0 Å². The molecule has 0 saturated heterocycles. The van der Waals surface area contributed by atoms with E-state index in [0.29, 0.717) is 41.1 Å². The predicted octanol–water partition coefficient (Wildman–Crippen LogP) is 4.27. The lowest BCUT2D eigenvalue weighted by molar-refractivity contribution is -0.384. The summed E-state index contributed by atoms with van der Waals surface area (Å²) in [7, 11) is 0. The van der Waals surface area contributed by atoms with Crippen molar-refractivity contribution in [3.8, 4) is 0 Å². The highest BCUT2D eigenvalue weighted by Gasteiger charge is 2.23. The maximum absolute atomic E-state index is 14.3. The molecule has 0 spiro atoms. The summed E-state index contributed by atoms with van der Waals surface area (Å²) >= 11 is 6.09. The van der Waals surface area contributed by atoms with Gasteiger partial charge in [0.05, 0.1) is 4.92 Å². The van der Waals surface area contributed by atoms with Gasteiger partial charge in [0.2, 0.25) is 11.8 Å². The van der Waals surface area contributed by atoms with E-state index in [0.717, 1.165) is 31.9 Å². The number of nitrogens with one attached hydrogen (secondary N) is 2. The van der Waals surface area contributed by atoms with Crippen LogP contribution in [0.3, 0.4) is 0 Å². The van der Waals surface area contributed by atoms with Gasteiger partial charge in [-0.05, 0) is 62.6 Å². The molecule has 0 aliphatic heterocycles. The van der Waals surface area contributed by atoms with Gasteiger partial charge >= 0.3 is 5.69 Å². The van der Waals surface area contributed by atoms with Crippen molar-refractivity contribution in [3.05, 3.63) is 50.4 Å². The van der Waals surface area contributed by atoms with E-state index in [1.54, 1.807) is 19.1 Å². The first kappa shape index (κ1) is 22.2. The van der Waals surface area contributed by atoms with Crippen LogP contribution >= 0.6 is 11.6 Å². The van der Waals surface area contributed by atoms with Crippen molar-refractivity contribution in [2.45, 2.75) is 39.2 Å². The summed E-state index contributed by atoms with van der Waals surface area (Å²) in [6.07, 6.45) is 5.36. The van der Waals surface area contributed by atoms with Crippen LogP contribution in [0.5, 0.6) is 0 Å². The first-order chi connectivity index (χ1) is 14.4. The van der Waals surface area contributed by atoms with E-state index in [1.165, 1.54) is 0 Å². The predicted molar refractivity (Wildman–Crippen MR) is 115 cm³/mol. The molecule has 0 atom stereocenters. The average Bonchev–Trinajstić information content (AvgIpc) is 2.75. The van der Waals surface area contributed by atoms with Gasteiger partial charge in [0.25, 0.3) is 0 Å². The summed E-state index contributed by atoms with van der Waals surface area (Å²) in [5.41, 5.74) is 6.31. The van der Waals surface area contributed by atoms with Crippen molar-refractivity contribution in [1.82, 2.24) is 9.97 Å². The molecule has 1 aromatic carbocycles. The van der Waals surface area contributed by atoms with Gasteiger partial charge in [-0.15, -0.1) is 0 Å². The monoisotopic (exact) mass is 436 g/mol. The first-order valence-corrected chi connectivity index (χ1v) is 10.4. The Morgan fingerprint density at radius 1 is 1.27 bits per heavy atom. The van der Waals surface area contributed by atoms with Crippen LogP contribution in [-0.2, 0) is 6.54 Å². The SMILES string of the molecule is Cc1ccc(Cl)c(CNc2ncc([N+](=O)[O-])c(NCC3CCC(CN)CC3)n2)c1F. The fraction of sp³-hybridized carbons (Fsp3) is 0.500. The van der Waals surface area contributed by atoms with E-state index in [4.69, 9.17) is 17.3 Å². The van der Waals surface area contributed by atoms with Crippen LogP contribution < -0.4 is 16.4 Å². The fourth-order valence-corrected chi connectivity index (χ4v) is 3.89. The summed E-state index contributed by atoms with van der Waals surface area (Å²) in [6.45, 7) is 3.01. The summed E-state index contributed by atoms with van der Waals surface area (Å²) < 4.78 is 14.3. The maximum Gasteiger partial charge on any atom is 0.329 e. The highest BCUT2D eigenvalue weighted by molar-refractivity contribution is 6.31. The van der Waals surface area contributed by atoms with Crippen LogP contribution in [-0.4, -0.2) is 28.0 Å².